The van der Waals surface area contributed by atoms with Crippen molar-refractivity contribution < 1.29 is 18.3 Å². The third-order valence-corrected chi connectivity index (χ3v) is 2.50. The fourth-order valence-electron chi connectivity index (χ4n) is 1.66. The number of nitrogens with two attached hydrogens (primary N) is 1. The normalized spacial score (nSPS) is 10.3. The Labute approximate surface area is 119 Å². The van der Waals surface area contributed by atoms with Gasteiger partial charge in [-0.15, -0.1) is 0 Å². The molecule has 0 aliphatic carbocycles. The van der Waals surface area contributed by atoms with E-state index < -0.39 is 6.61 Å². The van der Waals surface area contributed by atoms with Crippen LogP contribution in [0.25, 0.3) is 0 Å². The molecule has 0 fully saturated rings. The van der Waals surface area contributed by atoms with Crippen molar-refractivity contribution in [1.82, 2.24) is 9.97 Å². The third kappa shape index (κ3) is 3.45. The van der Waals surface area contributed by atoms with Gasteiger partial charge < -0.3 is 20.2 Å². The molecule has 7 nitrogen and oxygen atoms in total. The van der Waals surface area contributed by atoms with E-state index >= 15 is 0 Å². The molecule has 0 spiro atoms. The monoisotopic (exact) mass is 297 g/mol. The number of anilines is 3. The maximum atomic E-state index is 12.4. The number of alkyl halides is 2. The van der Waals surface area contributed by atoms with Crippen molar-refractivity contribution in [2.45, 2.75) is 6.61 Å². The van der Waals surface area contributed by atoms with E-state index in [1.54, 1.807) is 18.2 Å². The molecular weight excluding hydrogens is 284 g/mol. The number of aromatic nitrogens is 2. The van der Waals surface area contributed by atoms with Gasteiger partial charge in [0.1, 0.15) is 12.1 Å². The molecule has 0 saturated carbocycles. The summed E-state index contributed by atoms with van der Waals surface area (Å²) in [7, 11) is 1.41. The molecule has 0 atom stereocenters. The summed E-state index contributed by atoms with van der Waals surface area (Å²) in [5.74, 6) is 6.04. The standard InChI is InChI=1S/C12H13F2N5O2/c1-20-9-10(16-6-17-11(9)19-15)18-7-4-2-3-5-8(7)21-12(13)14/h2-6,12H,15H2,1H3,(H2,16,17,18,19). The number of methoxy groups -OCH3 is 1. The van der Waals surface area contributed by atoms with Gasteiger partial charge in [0.2, 0.25) is 5.75 Å². The van der Waals surface area contributed by atoms with Gasteiger partial charge >= 0.3 is 6.61 Å². The van der Waals surface area contributed by atoms with Crippen LogP contribution >= 0.6 is 0 Å². The highest BCUT2D eigenvalue weighted by molar-refractivity contribution is 5.72. The summed E-state index contributed by atoms with van der Waals surface area (Å²) in [4.78, 5) is 7.87. The molecule has 0 saturated heterocycles. The van der Waals surface area contributed by atoms with E-state index in [9.17, 15) is 8.78 Å². The second-order valence-corrected chi connectivity index (χ2v) is 3.75. The predicted octanol–water partition coefficient (Wildman–Crippen LogP) is 2.12. The number of benzene rings is 1. The minimum Gasteiger partial charge on any atom is -0.490 e. The van der Waals surface area contributed by atoms with Crippen LogP contribution in [0.5, 0.6) is 11.5 Å². The zero-order chi connectivity index (χ0) is 15.2. The lowest BCUT2D eigenvalue weighted by Crippen LogP contribution is -2.12. The van der Waals surface area contributed by atoms with Crippen molar-refractivity contribution in [2.75, 3.05) is 17.9 Å². The van der Waals surface area contributed by atoms with Crippen LogP contribution in [0.3, 0.4) is 0 Å². The lowest BCUT2D eigenvalue weighted by atomic mass is 10.3. The number of hydrogen-bond acceptors (Lipinski definition) is 7. The SMILES string of the molecule is COc1c(NN)ncnc1Nc1ccccc1OC(F)F. The fourth-order valence-corrected chi connectivity index (χ4v) is 1.66. The molecule has 9 heteroatoms. The highest BCUT2D eigenvalue weighted by Crippen LogP contribution is 2.34. The van der Waals surface area contributed by atoms with Gasteiger partial charge in [0, 0.05) is 0 Å². The first-order chi connectivity index (χ1) is 10.2. The molecule has 112 valence electrons. The molecule has 2 rings (SSSR count). The number of nitrogen functional groups attached to an aromatic ring is 1. The quantitative estimate of drug-likeness (QED) is 0.555. The van der Waals surface area contributed by atoms with Crippen LogP contribution in [-0.2, 0) is 0 Å². The number of rotatable bonds is 6. The van der Waals surface area contributed by atoms with E-state index in [1.165, 1.54) is 19.5 Å². The molecule has 0 unspecified atom stereocenters. The van der Waals surface area contributed by atoms with Gasteiger partial charge in [-0.1, -0.05) is 12.1 Å². The number of ether oxygens (including phenoxy) is 2. The first-order valence-electron chi connectivity index (χ1n) is 5.82. The summed E-state index contributed by atoms with van der Waals surface area (Å²) in [5, 5.41) is 2.84. The lowest BCUT2D eigenvalue weighted by molar-refractivity contribution is -0.0493. The van der Waals surface area contributed by atoms with Gasteiger partial charge in [0.15, 0.2) is 11.6 Å². The first-order valence-corrected chi connectivity index (χ1v) is 5.82. The maximum Gasteiger partial charge on any atom is 0.387 e. The van der Waals surface area contributed by atoms with E-state index in [2.05, 4.69) is 25.4 Å². The molecule has 0 aliphatic heterocycles. The van der Waals surface area contributed by atoms with E-state index in [-0.39, 0.29) is 23.1 Å². The summed E-state index contributed by atoms with van der Waals surface area (Å²) in [6.45, 7) is -2.93. The Hall–Kier alpha value is -2.68. The van der Waals surface area contributed by atoms with Gasteiger partial charge in [-0.2, -0.15) is 8.78 Å². The average molecular weight is 297 g/mol. The van der Waals surface area contributed by atoms with Gasteiger partial charge in [-0.25, -0.2) is 15.8 Å². The summed E-state index contributed by atoms with van der Waals surface area (Å²) >= 11 is 0. The van der Waals surface area contributed by atoms with Crippen molar-refractivity contribution >= 4 is 17.3 Å². The van der Waals surface area contributed by atoms with Gasteiger partial charge in [-0.3, -0.25) is 0 Å². The van der Waals surface area contributed by atoms with Crippen molar-refractivity contribution in [1.29, 1.82) is 0 Å². The number of nitrogens with zero attached hydrogens (tertiary/aromatic N) is 2. The minimum absolute atomic E-state index is 0.0181. The minimum atomic E-state index is -2.93. The number of halogens is 2. The Morgan fingerprint density at radius 1 is 1.19 bits per heavy atom. The number of para-hydroxylation sites is 2. The molecule has 21 heavy (non-hydrogen) atoms. The molecular formula is C12H13F2N5O2. The Morgan fingerprint density at radius 2 is 1.90 bits per heavy atom. The fraction of sp³-hybridized carbons (Fsp3) is 0.167. The van der Waals surface area contributed by atoms with E-state index in [4.69, 9.17) is 10.6 Å². The Balaban J connectivity index is 2.34. The Bertz CT molecular complexity index is 612. The molecule has 0 radical (unpaired) electrons. The highest BCUT2D eigenvalue weighted by Gasteiger charge is 2.14. The lowest BCUT2D eigenvalue weighted by Gasteiger charge is -2.15. The van der Waals surface area contributed by atoms with E-state index in [0.717, 1.165) is 0 Å². The molecule has 0 aliphatic rings. The van der Waals surface area contributed by atoms with Crippen LogP contribution in [0.4, 0.5) is 26.1 Å². The molecule has 1 heterocycles. The Morgan fingerprint density at radius 3 is 2.57 bits per heavy atom. The smallest absolute Gasteiger partial charge is 0.387 e. The van der Waals surface area contributed by atoms with Crippen molar-refractivity contribution in [3.63, 3.8) is 0 Å². The van der Waals surface area contributed by atoms with Crippen LogP contribution < -0.4 is 26.1 Å². The Kier molecular flexibility index (Phi) is 4.67. The van der Waals surface area contributed by atoms with Gasteiger partial charge in [0.25, 0.3) is 0 Å². The van der Waals surface area contributed by atoms with Crippen LogP contribution in [0.2, 0.25) is 0 Å². The maximum absolute atomic E-state index is 12.4. The summed E-state index contributed by atoms with van der Waals surface area (Å²) in [6, 6.07) is 6.21. The zero-order valence-electron chi connectivity index (χ0n) is 11.0. The van der Waals surface area contributed by atoms with Crippen LogP contribution in [0.15, 0.2) is 30.6 Å². The topological polar surface area (TPSA) is 94.3 Å². The second kappa shape index (κ2) is 6.66. The molecule has 1 aromatic heterocycles. The summed E-state index contributed by atoms with van der Waals surface area (Å²) < 4.78 is 34.3. The first kappa shape index (κ1) is 14.7. The largest absolute Gasteiger partial charge is 0.490 e. The van der Waals surface area contributed by atoms with Gasteiger partial charge in [-0.05, 0) is 12.1 Å². The van der Waals surface area contributed by atoms with E-state index in [0.29, 0.717) is 5.69 Å². The predicted molar refractivity (Wildman–Crippen MR) is 72.8 cm³/mol. The van der Waals surface area contributed by atoms with Crippen molar-refractivity contribution in [3.8, 4) is 11.5 Å². The number of nitrogens with one attached hydrogen (secondary N) is 2. The number of hydrazine groups is 1. The van der Waals surface area contributed by atoms with Crippen molar-refractivity contribution in [3.05, 3.63) is 30.6 Å². The molecule has 1 aromatic carbocycles. The van der Waals surface area contributed by atoms with Crippen LogP contribution in [-0.4, -0.2) is 23.7 Å². The average Bonchev–Trinajstić information content (AvgIpc) is 2.48. The second-order valence-electron chi connectivity index (χ2n) is 3.75. The van der Waals surface area contributed by atoms with Gasteiger partial charge in [0.05, 0.1) is 12.8 Å². The zero-order valence-corrected chi connectivity index (χ0v) is 11.0. The summed E-state index contributed by atoms with van der Waals surface area (Å²) in [6.07, 6.45) is 1.25. The van der Waals surface area contributed by atoms with Crippen LogP contribution in [0, 0.1) is 0 Å². The van der Waals surface area contributed by atoms with E-state index in [1.807, 2.05) is 0 Å². The van der Waals surface area contributed by atoms with Crippen molar-refractivity contribution in [2.24, 2.45) is 5.84 Å². The number of hydrogen-bond donors (Lipinski definition) is 3. The highest BCUT2D eigenvalue weighted by atomic mass is 19.3. The molecule has 0 amide bonds. The molecule has 2 aromatic rings. The third-order valence-electron chi connectivity index (χ3n) is 2.50. The molecule has 4 N–H and O–H groups in total. The molecule has 0 bridgehead atoms. The van der Waals surface area contributed by atoms with Crippen LogP contribution in [0.1, 0.15) is 0 Å². The summed E-state index contributed by atoms with van der Waals surface area (Å²) in [5.41, 5.74) is 2.66.